The number of likely N-dealkylation sites (N-methyl/N-ethyl adjacent to an activating group) is 1. The zero-order valence-corrected chi connectivity index (χ0v) is 20.0. The van der Waals surface area contributed by atoms with Gasteiger partial charge in [0, 0.05) is 42.2 Å². The molecule has 2 aromatic heterocycles. The first-order valence-corrected chi connectivity index (χ1v) is 11.0. The maximum atomic E-state index is 11.5. The molecule has 172 valence electrons. The minimum Gasteiger partial charge on any atom is -0.354 e. The van der Waals surface area contributed by atoms with Crippen LogP contribution in [0.25, 0.3) is 16.8 Å². The highest BCUT2D eigenvalue weighted by atomic mass is 16.6. The molecule has 0 spiro atoms. The van der Waals surface area contributed by atoms with Crippen LogP contribution in [0, 0.1) is 28.4 Å². The lowest BCUT2D eigenvalue weighted by Gasteiger charge is -2.26. The van der Waals surface area contributed by atoms with Crippen LogP contribution in [-0.2, 0) is 5.41 Å². The predicted octanol–water partition coefficient (Wildman–Crippen LogP) is 3.92. The molecule has 0 radical (unpaired) electrons. The molecule has 0 saturated carbocycles. The summed E-state index contributed by atoms with van der Waals surface area (Å²) in [4.78, 5) is 20.3. The van der Waals surface area contributed by atoms with E-state index in [0.717, 1.165) is 36.5 Å². The van der Waals surface area contributed by atoms with E-state index in [1.54, 1.807) is 16.6 Å². The van der Waals surface area contributed by atoms with Gasteiger partial charge in [-0.3, -0.25) is 10.1 Å². The summed E-state index contributed by atoms with van der Waals surface area (Å²) in [6.45, 7) is 9.62. The summed E-state index contributed by atoms with van der Waals surface area (Å²) in [5.41, 5.74) is 2.90. The summed E-state index contributed by atoms with van der Waals surface area (Å²) >= 11 is 0. The van der Waals surface area contributed by atoms with E-state index in [0.29, 0.717) is 28.6 Å². The van der Waals surface area contributed by atoms with Crippen LogP contribution in [0.4, 0.5) is 11.5 Å². The van der Waals surface area contributed by atoms with Gasteiger partial charge < -0.3 is 9.80 Å². The van der Waals surface area contributed by atoms with E-state index in [9.17, 15) is 15.4 Å². The van der Waals surface area contributed by atoms with Crippen LogP contribution in [0.15, 0.2) is 24.3 Å². The van der Waals surface area contributed by atoms with Gasteiger partial charge in [0.1, 0.15) is 17.5 Å². The van der Waals surface area contributed by atoms with Crippen LogP contribution in [0.5, 0.6) is 0 Å². The third kappa shape index (κ3) is 3.91. The predicted molar refractivity (Wildman–Crippen MR) is 128 cm³/mol. The first-order chi connectivity index (χ1) is 15.5. The van der Waals surface area contributed by atoms with E-state index in [2.05, 4.69) is 30.0 Å². The number of pyridine rings is 1. The fourth-order valence-electron chi connectivity index (χ4n) is 4.41. The highest BCUT2D eigenvalue weighted by Gasteiger charge is 2.32. The molecule has 0 N–H and O–H groups in total. The summed E-state index contributed by atoms with van der Waals surface area (Å²) in [7, 11) is 4.14. The molecule has 0 bridgehead atoms. The number of hydrogen-bond donors (Lipinski definition) is 0. The second kappa shape index (κ2) is 8.12. The average Bonchev–Trinajstić information content (AvgIpc) is 3.40. The van der Waals surface area contributed by atoms with Crippen molar-refractivity contribution in [2.75, 3.05) is 32.1 Å². The molecule has 1 aliphatic heterocycles. The van der Waals surface area contributed by atoms with E-state index in [4.69, 9.17) is 10.1 Å². The Labute approximate surface area is 193 Å². The van der Waals surface area contributed by atoms with Crippen LogP contribution >= 0.6 is 0 Å². The van der Waals surface area contributed by atoms with Crippen molar-refractivity contribution in [1.82, 2.24) is 19.5 Å². The van der Waals surface area contributed by atoms with Gasteiger partial charge in [0.25, 0.3) is 5.69 Å². The fourth-order valence-corrected chi connectivity index (χ4v) is 4.41. The van der Waals surface area contributed by atoms with Gasteiger partial charge in [0.2, 0.25) is 0 Å². The zero-order chi connectivity index (χ0) is 24.1. The number of hydrogen-bond acceptors (Lipinski definition) is 7. The first kappa shape index (κ1) is 22.7. The third-order valence-corrected chi connectivity index (χ3v) is 6.33. The molecule has 0 aliphatic carbocycles. The molecule has 1 aromatic carbocycles. The summed E-state index contributed by atoms with van der Waals surface area (Å²) in [5, 5.41) is 26.4. The molecule has 33 heavy (non-hydrogen) atoms. The van der Waals surface area contributed by atoms with Crippen LogP contribution < -0.4 is 4.90 Å². The van der Waals surface area contributed by atoms with Crippen LogP contribution in [-0.4, -0.2) is 57.6 Å². The molecule has 3 heterocycles. The number of nitro benzene ring substituents is 1. The number of anilines is 1. The largest absolute Gasteiger partial charge is 0.354 e. The third-order valence-electron chi connectivity index (χ3n) is 6.33. The summed E-state index contributed by atoms with van der Waals surface area (Å²) in [6.07, 6.45) is 0.989. The van der Waals surface area contributed by atoms with Crippen LogP contribution in [0.3, 0.4) is 0 Å². The van der Waals surface area contributed by atoms with E-state index < -0.39 is 4.92 Å². The lowest BCUT2D eigenvalue weighted by molar-refractivity contribution is -0.384. The highest BCUT2D eigenvalue weighted by Crippen LogP contribution is 2.40. The van der Waals surface area contributed by atoms with Crippen molar-refractivity contribution in [2.24, 2.45) is 0 Å². The van der Waals surface area contributed by atoms with Crippen molar-refractivity contribution >= 4 is 17.2 Å². The van der Waals surface area contributed by atoms with Crippen molar-refractivity contribution < 1.29 is 4.92 Å². The molecule has 4 rings (SSSR count). The minimum absolute atomic E-state index is 0.0121. The van der Waals surface area contributed by atoms with E-state index >= 15 is 0 Å². The average molecular weight is 448 g/mol. The number of rotatable bonds is 4. The SMILES string of the molecule is Cc1c(-c2cccc([N+](=O)[O-])c2)c(N2CC[C@H](N(C)C)C2)n2nc(C(C)(C)C)nc2c1C#N. The van der Waals surface area contributed by atoms with Gasteiger partial charge in [-0.2, -0.15) is 9.78 Å². The van der Waals surface area contributed by atoms with E-state index in [1.807, 2.05) is 33.8 Å². The van der Waals surface area contributed by atoms with Gasteiger partial charge in [0.05, 0.1) is 4.92 Å². The Hall–Kier alpha value is -3.51. The highest BCUT2D eigenvalue weighted by molar-refractivity contribution is 5.86. The summed E-state index contributed by atoms with van der Waals surface area (Å²) in [5.74, 6) is 1.48. The standard InChI is InChI=1S/C24H29N7O2/c1-15-19(13-25)21-26-23(24(2,3)4)27-30(21)22(29-11-10-18(14-29)28(5)6)20(15)16-8-7-9-17(12-16)31(32)33/h7-9,12,18H,10-11,14H2,1-6H3/t18-/m0/s1. The Morgan fingerprint density at radius 1 is 1.30 bits per heavy atom. The Kier molecular flexibility index (Phi) is 5.58. The number of nitro groups is 1. The molecular formula is C24H29N7O2. The first-order valence-electron chi connectivity index (χ1n) is 11.0. The monoisotopic (exact) mass is 447 g/mol. The molecule has 1 fully saturated rings. The lowest BCUT2D eigenvalue weighted by atomic mass is 9.96. The van der Waals surface area contributed by atoms with Crippen molar-refractivity contribution in [3.8, 4) is 17.2 Å². The topological polar surface area (TPSA) is 104 Å². The number of fused-ring (bicyclic) bond motifs is 1. The van der Waals surface area contributed by atoms with Crippen LogP contribution in [0.2, 0.25) is 0 Å². The van der Waals surface area contributed by atoms with Gasteiger partial charge in [-0.25, -0.2) is 4.98 Å². The van der Waals surface area contributed by atoms with Crippen molar-refractivity contribution in [2.45, 2.75) is 45.6 Å². The molecule has 9 nitrogen and oxygen atoms in total. The summed E-state index contributed by atoms with van der Waals surface area (Å²) < 4.78 is 1.78. The van der Waals surface area contributed by atoms with Gasteiger partial charge >= 0.3 is 0 Å². The Morgan fingerprint density at radius 2 is 2.03 bits per heavy atom. The number of aromatic nitrogens is 3. The minimum atomic E-state index is -0.395. The van der Waals surface area contributed by atoms with Gasteiger partial charge in [-0.05, 0) is 38.6 Å². The molecule has 1 aliphatic rings. The van der Waals surface area contributed by atoms with Gasteiger partial charge in [-0.15, -0.1) is 5.10 Å². The van der Waals surface area contributed by atoms with Crippen molar-refractivity contribution in [3.63, 3.8) is 0 Å². The van der Waals surface area contributed by atoms with Crippen LogP contribution in [0.1, 0.15) is 44.1 Å². The zero-order valence-electron chi connectivity index (χ0n) is 20.0. The normalized spacial score (nSPS) is 16.5. The van der Waals surface area contributed by atoms with Crippen molar-refractivity contribution in [3.05, 3.63) is 51.3 Å². The number of nitrogens with zero attached hydrogens (tertiary/aromatic N) is 7. The second-order valence-electron chi connectivity index (χ2n) is 9.89. The summed E-state index contributed by atoms with van der Waals surface area (Å²) in [6, 6.07) is 9.27. The Bertz CT molecular complexity index is 1280. The molecule has 3 aromatic rings. The van der Waals surface area contributed by atoms with Gasteiger partial charge in [0.15, 0.2) is 11.5 Å². The Morgan fingerprint density at radius 3 is 2.61 bits per heavy atom. The fraction of sp³-hybridized carbons (Fsp3) is 0.458. The molecule has 1 saturated heterocycles. The molecule has 1 atom stereocenters. The number of benzene rings is 1. The van der Waals surface area contributed by atoms with E-state index in [1.165, 1.54) is 6.07 Å². The van der Waals surface area contributed by atoms with E-state index in [-0.39, 0.29) is 11.1 Å². The quantitative estimate of drug-likeness (QED) is 0.441. The molecule has 0 amide bonds. The maximum Gasteiger partial charge on any atom is 0.270 e. The number of non-ortho nitro benzene ring substituents is 1. The molecular weight excluding hydrogens is 418 g/mol. The maximum absolute atomic E-state index is 11.5. The lowest BCUT2D eigenvalue weighted by Crippen LogP contribution is -2.32. The Balaban J connectivity index is 2.07. The smallest absolute Gasteiger partial charge is 0.270 e. The van der Waals surface area contributed by atoms with Gasteiger partial charge in [-0.1, -0.05) is 32.9 Å². The van der Waals surface area contributed by atoms with Crippen molar-refractivity contribution in [1.29, 1.82) is 5.26 Å². The second-order valence-corrected chi connectivity index (χ2v) is 9.89. The number of nitriles is 1. The molecule has 9 heteroatoms. The molecule has 0 unspecified atom stereocenters.